The van der Waals surface area contributed by atoms with Crippen LogP contribution < -0.4 is 5.32 Å². The highest BCUT2D eigenvalue weighted by Gasteiger charge is 2.14. The van der Waals surface area contributed by atoms with Gasteiger partial charge in [0.05, 0.1) is 12.7 Å². The lowest BCUT2D eigenvalue weighted by molar-refractivity contribution is 0.0104. The van der Waals surface area contributed by atoms with E-state index in [9.17, 15) is 0 Å². The summed E-state index contributed by atoms with van der Waals surface area (Å²) in [5, 5.41) is 3.33. The van der Waals surface area contributed by atoms with E-state index in [4.69, 9.17) is 4.74 Å². The second-order valence-corrected chi connectivity index (χ2v) is 3.64. The summed E-state index contributed by atoms with van der Waals surface area (Å²) in [5.74, 6) is 5.97. The summed E-state index contributed by atoms with van der Waals surface area (Å²) in [6.07, 6.45) is 1.30. The molecule has 1 heterocycles. The summed E-state index contributed by atoms with van der Waals surface area (Å²) in [6, 6.07) is 0. The molecule has 1 rings (SSSR count). The number of nitrogens with zero attached hydrogens (tertiary/aromatic N) is 1. The molecular formula is C11H20N2O. The Balaban J connectivity index is 2.10. The standard InChI is InChI=1S/C11H20N2O/c1-3-4-5-7-13(2)10-11-9-12-6-8-14-11/h11-12H,5-10H2,1-2H3. The van der Waals surface area contributed by atoms with Crippen LogP contribution in [0, 0.1) is 11.8 Å². The van der Waals surface area contributed by atoms with Gasteiger partial charge in [-0.3, -0.25) is 0 Å². The van der Waals surface area contributed by atoms with Crippen molar-refractivity contribution in [2.45, 2.75) is 19.4 Å². The van der Waals surface area contributed by atoms with Crippen LogP contribution in [0.25, 0.3) is 0 Å². The maximum absolute atomic E-state index is 5.61. The van der Waals surface area contributed by atoms with Crippen molar-refractivity contribution in [3.63, 3.8) is 0 Å². The first-order valence-electron chi connectivity index (χ1n) is 5.23. The van der Waals surface area contributed by atoms with Crippen molar-refractivity contribution < 1.29 is 4.74 Å². The van der Waals surface area contributed by atoms with Crippen LogP contribution in [0.3, 0.4) is 0 Å². The fourth-order valence-corrected chi connectivity index (χ4v) is 1.55. The minimum absolute atomic E-state index is 0.350. The van der Waals surface area contributed by atoms with E-state index in [1.165, 1.54) is 0 Å². The molecule has 0 aromatic carbocycles. The van der Waals surface area contributed by atoms with Crippen molar-refractivity contribution in [2.24, 2.45) is 0 Å². The van der Waals surface area contributed by atoms with Crippen molar-refractivity contribution in [1.82, 2.24) is 10.2 Å². The highest BCUT2D eigenvalue weighted by molar-refractivity contribution is 4.95. The molecule has 1 saturated heterocycles. The molecule has 1 N–H and O–H groups in total. The van der Waals surface area contributed by atoms with Crippen LogP contribution in [-0.2, 0) is 4.74 Å². The molecular weight excluding hydrogens is 176 g/mol. The van der Waals surface area contributed by atoms with E-state index in [1.807, 2.05) is 6.92 Å². The van der Waals surface area contributed by atoms with Crippen LogP contribution in [0.2, 0.25) is 0 Å². The minimum atomic E-state index is 0.350. The van der Waals surface area contributed by atoms with Crippen LogP contribution in [0.15, 0.2) is 0 Å². The molecule has 0 amide bonds. The maximum Gasteiger partial charge on any atom is 0.0826 e. The summed E-state index contributed by atoms with van der Waals surface area (Å²) in [6.45, 7) is 6.71. The summed E-state index contributed by atoms with van der Waals surface area (Å²) in [5.41, 5.74) is 0. The normalized spacial score (nSPS) is 21.8. The van der Waals surface area contributed by atoms with E-state index in [0.717, 1.165) is 39.2 Å². The van der Waals surface area contributed by atoms with Gasteiger partial charge in [-0.1, -0.05) is 0 Å². The van der Waals surface area contributed by atoms with Gasteiger partial charge in [0.2, 0.25) is 0 Å². The van der Waals surface area contributed by atoms with Gasteiger partial charge in [0.25, 0.3) is 0 Å². The molecule has 1 aliphatic heterocycles. The lowest BCUT2D eigenvalue weighted by Crippen LogP contribution is -2.44. The van der Waals surface area contributed by atoms with Gasteiger partial charge in [-0.05, 0) is 14.0 Å². The zero-order chi connectivity index (χ0) is 10.2. The summed E-state index contributed by atoms with van der Waals surface area (Å²) >= 11 is 0. The third-order valence-corrected chi connectivity index (χ3v) is 2.32. The molecule has 1 atom stereocenters. The number of hydrogen-bond donors (Lipinski definition) is 1. The largest absolute Gasteiger partial charge is 0.374 e. The SMILES string of the molecule is CC#CCCN(C)CC1CNCCO1. The average molecular weight is 196 g/mol. The molecule has 0 saturated carbocycles. The Morgan fingerprint density at radius 3 is 3.07 bits per heavy atom. The Kier molecular flexibility index (Phi) is 5.62. The number of rotatable bonds is 4. The van der Waals surface area contributed by atoms with Gasteiger partial charge in [0.15, 0.2) is 0 Å². The Morgan fingerprint density at radius 2 is 2.43 bits per heavy atom. The first kappa shape index (κ1) is 11.5. The summed E-state index contributed by atoms with van der Waals surface area (Å²) in [4.78, 5) is 2.28. The Bertz CT molecular complexity index is 201. The molecule has 0 aromatic rings. The van der Waals surface area contributed by atoms with Crippen LogP contribution in [0.1, 0.15) is 13.3 Å². The van der Waals surface area contributed by atoms with Gasteiger partial charge < -0.3 is 15.0 Å². The van der Waals surface area contributed by atoms with Gasteiger partial charge in [0, 0.05) is 32.6 Å². The molecule has 0 aromatic heterocycles. The third kappa shape index (κ3) is 4.61. The predicted molar refractivity (Wildman–Crippen MR) is 58.2 cm³/mol. The van der Waals surface area contributed by atoms with E-state index in [0.29, 0.717) is 6.10 Å². The molecule has 0 bridgehead atoms. The van der Waals surface area contributed by atoms with Crippen LogP contribution >= 0.6 is 0 Å². The number of hydrogen-bond acceptors (Lipinski definition) is 3. The van der Waals surface area contributed by atoms with Crippen LogP contribution in [0.5, 0.6) is 0 Å². The van der Waals surface area contributed by atoms with E-state index in [1.54, 1.807) is 0 Å². The summed E-state index contributed by atoms with van der Waals surface area (Å²) < 4.78 is 5.61. The fraction of sp³-hybridized carbons (Fsp3) is 0.818. The first-order valence-corrected chi connectivity index (χ1v) is 5.23. The molecule has 1 aliphatic rings. The monoisotopic (exact) mass is 196 g/mol. The average Bonchev–Trinajstić information content (AvgIpc) is 2.20. The number of ether oxygens (including phenoxy) is 1. The van der Waals surface area contributed by atoms with Crippen molar-refractivity contribution in [3.8, 4) is 11.8 Å². The molecule has 1 fully saturated rings. The lowest BCUT2D eigenvalue weighted by Gasteiger charge is -2.27. The van der Waals surface area contributed by atoms with Crippen molar-refractivity contribution in [2.75, 3.05) is 39.8 Å². The molecule has 3 nitrogen and oxygen atoms in total. The van der Waals surface area contributed by atoms with E-state index in [2.05, 4.69) is 29.1 Å². The van der Waals surface area contributed by atoms with Gasteiger partial charge in [0.1, 0.15) is 0 Å². The van der Waals surface area contributed by atoms with Gasteiger partial charge in [-0.25, -0.2) is 0 Å². The molecule has 0 radical (unpaired) electrons. The Hall–Kier alpha value is -0.560. The van der Waals surface area contributed by atoms with Crippen molar-refractivity contribution in [1.29, 1.82) is 0 Å². The Labute approximate surface area is 86.8 Å². The number of likely N-dealkylation sites (N-methyl/N-ethyl adjacent to an activating group) is 1. The van der Waals surface area contributed by atoms with Crippen molar-refractivity contribution >= 4 is 0 Å². The zero-order valence-electron chi connectivity index (χ0n) is 9.18. The molecule has 80 valence electrons. The first-order chi connectivity index (χ1) is 6.83. The van der Waals surface area contributed by atoms with Crippen molar-refractivity contribution in [3.05, 3.63) is 0 Å². The third-order valence-electron chi connectivity index (χ3n) is 2.32. The number of morpholine rings is 1. The topological polar surface area (TPSA) is 24.5 Å². The van der Waals surface area contributed by atoms with Gasteiger partial charge >= 0.3 is 0 Å². The van der Waals surface area contributed by atoms with Gasteiger partial charge in [-0.15, -0.1) is 11.8 Å². The van der Waals surface area contributed by atoms with E-state index >= 15 is 0 Å². The maximum atomic E-state index is 5.61. The lowest BCUT2D eigenvalue weighted by atomic mass is 10.3. The highest BCUT2D eigenvalue weighted by Crippen LogP contribution is 1.98. The molecule has 0 aliphatic carbocycles. The second kappa shape index (κ2) is 6.83. The molecule has 3 heteroatoms. The Morgan fingerprint density at radius 1 is 1.57 bits per heavy atom. The molecule has 0 spiro atoms. The minimum Gasteiger partial charge on any atom is -0.374 e. The van der Waals surface area contributed by atoms with Crippen LogP contribution in [0.4, 0.5) is 0 Å². The summed E-state index contributed by atoms with van der Waals surface area (Å²) in [7, 11) is 2.12. The smallest absolute Gasteiger partial charge is 0.0826 e. The van der Waals surface area contributed by atoms with Crippen LogP contribution in [-0.4, -0.2) is 50.8 Å². The quantitative estimate of drug-likeness (QED) is 0.655. The zero-order valence-corrected chi connectivity index (χ0v) is 9.18. The highest BCUT2D eigenvalue weighted by atomic mass is 16.5. The molecule has 14 heavy (non-hydrogen) atoms. The fourth-order valence-electron chi connectivity index (χ4n) is 1.55. The number of nitrogens with one attached hydrogen (secondary N) is 1. The predicted octanol–water partition coefficient (Wildman–Crippen LogP) is 0.320. The van der Waals surface area contributed by atoms with E-state index in [-0.39, 0.29) is 0 Å². The second-order valence-electron chi connectivity index (χ2n) is 3.64. The van der Waals surface area contributed by atoms with E-state index < -0.39 is 0 Å². The molecule has 1 unspecified atom stereocenters. The van der Waals surface area contributed by atoms with Gasteiger partial charge in [-0.2, -0.15) is 0 Å².